The van der Waals surface area contributed by atoms with E-state index >= 15 is 0 Å². The van der Waals surface area contributed by atoms with Crippen LogP contribution in [0.15, 0.2) is 12.1 Å². The first kappa shape index (κ1) is 13.2. The molecule has 0 fully saturated rings. The lowest BCUT2D eigenvalue weighted by Gasteiger charge is -2.15. The highest BCUT2D eigenvalue weighted by molar-refractivity contribution is 5.51. The van der Waals surface area contributed by atoms with Gasteiger partial charge in [-0.1, -0.05) is 0 Å². The number of hydrogen-bond donors (Lipinski definition) is 1. The smallest absolute Gasteiger partial charge is 0.416 e. The van der Waals surface area contributed by atoms with E-state index in [1.165, 1.54) is 14.0 Å². The van der Waals surface area contributed by atoms with Gasteiger partial charge in [-0.05, 0) is 19.1 Å². The van der Waals surface area contributed by atoms with E-state index in [9.17, 15) is 18.3 Å². The van der Waals surface area contributed by atoms with Gasteiger partial charge in [0.2, 0.25) is 0 Å². The van der Waals surface area contributed by atoms with Crippen LogP contribution in [0.2, 0.25) is 0 Å². The molecule has 0 amide bonds. The number of rotatable bonds is 2. The number of alkyl halides is 3. The van der Waals surface area contributed by atoms with Gasteiger partial charge in [-0.25, -0.2) is 0 Å². The van der Waals surface area contributed by atoms with Crippen LogP contribution in [0.1, 0.15) is 24.0 Å². The third-order valence-electron chi connectivity index (χ3n) is 2.29. The second kappa shape index (κ2) is 4.53. The molecule has 0 radical (unpaired) electrons. The molecule has 92 valence electrons. The Bertz CT molecular complexity index is 463. The molecule has 0 aliphatic rings. The van der Waals surface area contributed by atoms with E-state index < -0.39 is 23.4 Å². The average Bonchev–Trinajstić information content (AvgIpc) is 2.25. The SMILES string of the molecule is COc1cc(C(F)(F)F)cc(O)c1C(C)C#N. The Kier molecular flexibility index (Phi) is 3.51. The summed E-state index contributed by atoms with van der Waals surface area (Å²) in [6, 6.07) is 3.19. The zero-order chi connectivity index (χ0) is 13.2. The number of methoxy groups -OCH3 is 1. The van der Waals surface area contributed by atoms with Crippen molar-refractivity contribution in [3.8, 4) is 17.6 Å². The quantitative estimate of drug-likeness (QED) is 0.871. The molecule has 0 saturated carbocycles. The predicted octanol–water partition coefficient (Wildman–Crippen LogP) is 3.05. The van der Waals surface area contributed by atoms with Crippen molar-refractivity contribution in [2.45, 2.75) is 19.0 Å². The molecule has 1 aromatic rings. The van der Waals surface area contributed by atoms with Crippen molar-refractivity contribution in [1.29, 1.82) is 5.26 Å². The molecule has 6 heteroatoms. The lowest BCUT2D eigenvalue weighted by molar-refractivity contribution is -0.137. The molecule has 0 spiro atoms. The van der Waals surface area contributed by atoms with Crippen LogP contribution in [0.5, 0.6) is 11.5 Å². The van der Waals surface area contributed by atoms with Crippen LogP contribution in [-0.2, 0) is 6.18 Å². The van der Waals surface area contributed by atoms with Gasteiger partial charge in [0.15, 0.2) is 0 Å². The summed E-state index contributed by atoms with van der Waals surface area (Å²) in [6.45, 7) is 1.46. The van der Waals surface area contributed by atoms with E-state index in [1.807, 2.05) is 6.07 Å². The first-order valence-electron chi connectivity index (χ1n) is 4.69. The van der Waals surface area contributed by atoms with Gasteiger partial charge in [-0.15, -0.1) is 0 Å². The van der Waals surface area contributed by atoms with E-state index in [2.05, 4.69) is 0 Å². The third-order valence-corrected chi connectivity index (χ3v) is 2.29. The third kappa shape index (κ3) is 2.61. The highest BCUT2D eigenvalue weighted by atomic mass is 19.4. The maximum Gasteiger partial charge on any atom is 0.416 e. The molecule has 0 aromatic heterocycles. The van der Waals surface area contributed by atoms with Crippen molar-refractivity contribution >= 4 is 0 Å². The van der Waals surface area contributed by atoms with Crippen molar-refractivity contribution in [1.82, 2.24) is 0 Å². The monoisotopic (exact) mass is 245 g/mol. The fraction of sp³-hybridized carbons (Fsp3) is 0.364. The number of ether oxygens (including phenoxy) is 1. The van der Waals surface area contributed by atoms with Gasteiger partial charge in [0, 0.05) is 0 Å². The van der Waals surface area contributed by atoms with Gasteiger partial charge in [0.1, 0.15) is 11.5 Å². The summed E-state index contributed by atoms with van der Waals surface area (Å²) >= 11 is 0. The largest absolute Gasteiger partial charge is 0.507 e. The maximum absolute atomic E-state index is 12.5. The van der Waals surface area contributed by atoms with E-state index in [-0.39, 0.29) is 11.3 Å². The first-order valence-corrected chi connectivity index (χ1v) is 4.69. The van der Waals surface area contributed by atoms with Crippen molar-refractivity contribution in [2.75, 3.05) is 7.11 Å². The Morgan fingerprint density at radius 2 is 2.00 bits per heavy atom. The van der Waals surface area contributed by atoms with Crippen LogP contribution >= 0.6 is 0 Å². The standard InChI is InChI=1S/C11H10F3NO2/c1-6(5-15)10-8(16)3-7(11(12,13)14)4-9(10)17-2/h3-4,6,16H,1-2H3. The van der Waals surface area contributed by atoms with E-state index in [0.29, 0.717) is 6.07 Å². The summed E-state index contributed by atoms with van der Waals surface area (Å²) in [6.07, 6.45) is -4.57. The second-order valence-electron chi connectivity index (χ2n) is 3.46. The number of phenols is 1. The highest BCUT2D eigenvalue weighted by Crippen LogP contribution is 2.40. The van der Waals surface area contributed by atoms with Crippen LogP contribution in [-0.4, -0.2) is 12.2 Å². The number of phenolic OH excluding ortho intramolecular Hbond substituents is 1. The van der Waals surface area contributed by atoms with Crippen molar-refractivity contribution in [2.24, 2.45) is 0 Å². The fourth-order valence-electron chi connectivity index (χ4n) is 1.44. The summed E-state index contributed by atoms with van der Waals surface area (Å²) in [7, 11) is 1.18. The lowest BCUT2D eigenvalue weighted by Crippen LogP contribution is -2.07. The molecule has 0 heterocycles. The van der Waals surface area contributed by atoms with Gasteiger partial charge >= 0.3 is 6.18 Å². The molecular formula is C11H10F3NO2. The summed E-state index contributed by atoms with van der Waals surface area (Å²) < 4.78 is 42.2. The van der Waals surface area contributed by atoms with Crippen LogP contribution < -0.4 is 4.74 Å². The summed E-state index contributed by atoms with van der Waals surface area (Å²) in [4.78, 5) is 0. The van der Waals surface area contributed by atoms with Gasteiger partial charge in [0.25, 0.3) is 0 Å². The highest BCUT2D eigenvalue weighted by Gasteiger charge is 2.33. The van der Waals surface area contributed by atoms with Crippen molar-refractivity contribution < 1.29 is 23.0 Å². The zero-order valence-corrected chi connectivity index (χ0v) is 9.17. The topological polar surface area (TPSA) is 53.2 Å². The maximum atomic E-state index is 12.5. The molecule has 1 rings (SSSR count). The van der Waals surface area contributed by atoms with Crippen LogP contribution in [0.25, 0.3) is 0 Å². The van der Waals surface area contributed by atoms with E-state index in [1.54, 1.807) is 0 Å². The number of halogens is 3. The molecule has 0 bridgehead atoms. The number of nitriles is 1. The molecular weight excluding hydrogens is 235 g/mol. The van der Waals surface area contributed by atoms with Crippen LogP contribution in [0.4, 0.5) is 13.2 Å². The molecule has 1 aromatic carbocycles. The summed E-state index contributed by atoms with van der Waals surface area (Å²) in [5.74, 6) is -1.50. The Hall–Kier alpha value is -1.90. The number of benzene rings is 1. The lowest BCUT2D eigenvalue weighted by atomic mass is 9.98. The molecule has 0 aliphatic carbocycles. The average molecular weight is 245 g/mol. The fourth-order valence-corrected chi connectivity index (χ4v) is 1.44. The van der Waals surface area contributed by atoms with E-state index in [0.717, 1.165) is 6.07 Å². The van der Waals surface area contributed by atoms with Gasteiger partial charge < -0.3 is 9.84 Å². The second-order valence-corrected chi connectivity index (χ2v) is 3.46. The zero-order valence-electron chi connectivity index (χ0n) is 9.17. The van der Waals surface area contributed by atoms with Crippen molar-refractivity contribution in [3.05, 3.63) is 23.3 Å². The van der Waals surface area contributed by atoms with Crippen molar-refractivity contribution in [3.63, 3.8) is 0 Å². The Labute approximate surface area is 96.1 Å². The Morgan fingerprint density at radius 3 is 2.41 bits per heavy atom. The minimum Gasteiger partial charge on any atom is -0.507 e. The predicted molar refractivity (Wildman–Crippen MR) is 53.7 cm³/mol. The molecule has 1 N–H and O–H groups in total. The minimum absolute atomic E-state index is 0.0583. The van der Waals surface area contributed by atoms with E-state index in [4.69, 9.17) is 10.00 Å². The van der Waals surface area contributed by atoms with Gasteiger partial charge in [-0.3, -0.25) is 0 Å². The molecule has 0 aliphatic heterocycles. The van der Waals surface area contributed by atoms with Crippen LogP contribution in [0.3, 0.4) is 0 Å². The van der Waals surface area contributed by atoms with Crippen LogP contribution in [0, 0.1) is 11.3 Å². The molecule has 17 heavy (non-hydrogen) atoms. The first-order chi connectivity index (χ1) is 7.81. The summed E-state index contributed by atoms with van der Waals surface area (Å²) in [5, 5.41) is 18.3. The minimum atomic E-state index is -4.57. The molecule has 3 nitrogen and oxygen atoms in total. The number of hydrogen-bond acceptors (Lipinski definition) is 3. The molecule has 0 saturated heterocycles. The Morgan fingerprint density at radius 1 is 1.41 bits per heavy atom. The molecule has 1 unspecified atom stereocenters. The summed E-state index contributed by atoms with van der Waals surface area (Å²) in [5.41, 5.74) is -0.955. The van der Waals surface area contributed by atoms with Gasteiger partial charge in [-0.2, -0.15) is 18.4 Å². The van der Waals surface area contributed by atoms with Gasteiger partial charge in [0.05, 0.1) is 30.2 Å². The Balaban J connectivity index is 3.42. The molecule has 1 atom stereocenters. The normalized spacial score (nSPS) is 12.9. The number of aromatic hydroxyl groups is 1. The number of nitrogens with zero attached hydrogens (tertiary/aromatic N) is 1.